The fourth-order valence-corrected chi connectivity index (χ4v) is 0.817. The van der Waals surface area contributed by atoms with Crippen molar-refractivity contribution in [3.63, 3.8) is 0 Å². The maximum Gasteiger partial charge on any atom is 0.407 e. The molecule has 6 nitrogen and oxygen atoms in total. The van der Waals surface area contributed by atoms with Crippen LogP contribution in [0.5, 0.6) is 0 Å². The fourth-order valence-electron chi connectivity index (χ4n) is 0.817. The predicted octanol–water partition coefficient (Wildman–Crippen LogP) is 0.991. The van der Waals surface area contributed by atoms with E-state index in [4.69, 9.17) is 4.74 Å². The molecule has 0 aromatic heterocycles. The maximum atomic E-state index is 11.1. The minimum atomic E-state index is -0.905. The van der Waals surface area contributed by atoms with Gasteiger partial charge >= 0.3 is 18.0 Å². The molecule has 0 spiro atoms. The summed E-state index contributed by atoms with van der Waals surface area (Å²) in [6.07, 6.45) is 0.982. The molecule has 0 fully saturated rings. The lowest BCUT2D eigenvalue weighted by molar-refractivity contribution is -0.159. The van der Waals surface area contributed by atoms with E-state index in [0.29, 0.717) is 6.61 Å². The third kappa shape index (κ3) is 6.80. The van der Waals surface area contributed by atoms with Crippen LogP contribution in [0.15, 0.2) is 0 Å². The van der Waals surface area contributed by atoms with Crippen LogP contribution in [0, 0.1) is 0 Å². The average Bonchev–Trinajstić information content (AvgIpc) is 2.16. The Morgan fingerprint density at radius 3 is 2.44 bits per heavy atom. The lowest BCUT2D eigenvalue weighted by Gasteiger charge is -2.11. The molecule has 0 radical (unpaired) electrons. The number of nitrogens with one attached hydrogen (secondary N) is 1. The number of rotatable bonds is 5. The molecule has 0 saturated heterocycles. The number of unbranched alkanes of at least 4 members (excludes halogenated alkanes) is 1. The van der Waals surface area contributed by atoms with Crippen molar-refractivity contribution >= 4 is 18.0 Å². The SMILES string of the molecule is CCCCOC(=O)N[C@@H](C)C(=O)OC(C)=O. The third-order valence-electron chi connectivity index (χ3n) is 1.66. The van der Waals surface area contributed by atoms with Crippen LogP contribution in [-0.4, -0.2) is 30.7 Å². The summed E-state index contributed by atoms with van der Waals surface area (Å²) in [5, 5.41) is 2.26. The Kier molecular flexibility index (Phi) is 6.91. The maximum absolute atomic E-state index is 11.1. The summed E-state index contributed by atoms with van der Waals surface area (Å²) in [5.74, 6) is -1.52. The molecule has 1 N–H and O–H groups in total. The molecule has 0 aromatic carbocycles. The van der Waals surface area contributed by atoms with Crippen LogP contribution >= 0.6 is 0 Å². The van der Waals surface area contributed by atoms with Gasteiger partial charge in [-0.15, -0.1) is 0 Å². The molecule has 0 saturated carbocycles. The number of ether oxygens (including phenoxy) is 2. The van der Waals surface area contributed by atoms with Crippen molar-refractivity contribution in [2.75, 3.05) is 6.61 Å². The number of carbonyl (C=O) groups excluding carboxylic acids is 3. The Hall–Kier alpha value is -1.59. The number of amides is 1. The quantitative estimate of drug-likeness (QED) is 0.433. The van der Waals surface area contributed by atoms with Crippen molar-refractivity contribution in [2.45, 2.75) is 39.7 Å². The van der Waals surface area contributed by atoms with Crippen LogP contribution in [0.4, 0.5) is 4.79 Å². The number of esters is 2. The smallest absolute Gasteiger partial charge is 0.407 e. The number of hydrogen-bond acceptors (Lipinski definition) is 5. The summed E-state index contributed by atoms with van der Waals surface area (Å²) >= 11 is 0. The van der Waals surface area contributed by atoms with E-state index in [1.165, 1.54) is 6.92 Å². The second-order valence-electron chi connectivity index (χ2n) is 3.27. The van der Waals surface area contributed by atoms with Gasteiger partial charge in [-0.05, 0) is 13.3 Å². The van der Waals surface area contributed by atoms with E-state index in [1.54, 1.807) is 0 Å². The van der Waals surface area contributed by atoms with Crippen molar-refractivity contribution in [1.82, 2.24) is 5.32 Å². The molecule has 1 amide bonds. The highest BCUT2D eigenvalue weighted by molar-refractivity contribution is 5.89. The van der Waals surface area contributed by atoms with Gasteiger partial charge in [0.1, 0.15) is 6.04 Å². The third-order valence-corrected chi connectivity index (χ3v) is 1.66. The summed E-state index contributed by atoms with van der Waals surface area (Å²) in [4.78, 5) is 32.7. The Bertz CT molecular complexity index is 264. The predicted molar refractivity (Wildman–Crippen MR) is 55.6 cm³/mol. The molecule has 1 atom stereocenters. The second kappa shape index (κ2) is 7.67. The molecule has 0 aliphatic carbocycles. The van der Waals surface area contributed by atoms with Crippen LogP contribution < -0.4 is 5.32 Å². The molecule has 92 valence electrons. The zero-order valence-corrected chi connectivity index (χ0v) is 9.74. The molecule has 0 heterocycles. The first-order valence-electron chi connectivity index (χ1n) is 5.13. The summed E-state index contributed by atoms with van der Waals surface area (Å²) < 4.78 is 9.06. The van der Waals surface area contributed by atoms with Crippen LogP contribution in [0.1, 0.15) is 33.6 Å². The summed E-state index contributed by atoms with van der Waals surface area (Å²) in [6, 6.07) is -0.905. The average molecular weight is 231 g/mol. The first kappa shape index (κ1) is 14.4. The van der Waals surface area contributed by atoms with E-state index in [9.17, 15) is 14.4 Å². The van der Waals surface area contributed by atoms with Crippen LogP contribution in [-0.2, 0) is 19.1 Å². The number of carbonyl (C=O) groups is 3. The molecule has 16 heavy (non-hydrogen) atoms. The Morgan fingerprint density at radius 2 is 1.94 bits per heavy atom. The van der Waals surface area contributed by atoms with Gasteiger partial charge in [-0.3, -0.25) is 4.79 Å². The van der Waals surface area contributed by atoms with Crippen molar-refractivity contribution in [2.24, 2.45) is 0 Å². The fraction of sp³-hybridized carbons (Fsp3) is 0.700. The van der Waals surface area contributed by atoms with E-state index >= 15 is 0 Å². The zero-order valence-electron chi connectivity index (χ0n) is 9.74. The highest BCUT2D eigenvalue weighted by Crippen LogP contribution is 1.92. The lowest BCUT2D eigenvalue weighted by Crippen LogP contribution is -2.40. The van der Waals surface area contributed by atoms with E-state index in [2.05, 4.69) is 10.1 Å². The molecule has 0 unspecified atom stereocenters. The van der Waals surface area contributed by atoms with Gasteiger partial charge in [0.15, 0.2) is 0 Å². The molecular formula is C10H17NO5. The molecule has 0 rings (SSSR count). The van der Waals surface area contributed by atoms with Gasteiger partial charge in [0.05, 0.1) is 6.61 Å². The van der Waals surface area contributed by atoms with E-state index in [0.717, 1.165) is 19.8 Å². The molecule has 0 bridgehead atoms. The van der Waals surface area contributed by atoms with Crippen LogP contribution in [0.25, 0.3) is 0 Å². The monoisotopic (exact) mass is 231 g/mol. The van der Waals surface area contributed by atoms with Gasteiger partial charge in [0.25, 0.3) is 0 Å². The number of hydrogen-bond donors (Lipinski definition) is 1. The molecule has 0 aliphatic heterocycles. The van der Waals surface area contributed by atoms with Crippen molar-refractivity contribution in [1.29, 1.82) is 0 Å². The van der Waals surface area contributed by atoms with E-state index < -0.39 is 24.1 Å². The second-order valence-corrected chi connectivity index (χ2v) is 3.27. The largest absolute Gasteiger partial charge is 0.450 e. The van der Waals surface area contributed by atoms with Gasteiger partial charge in [-0.25, -0.2) is 9.59 Å². The topological polar surface area (TPSA) is 81.7 Å². The van der Waals surface area contributed by atoms with Crippen molar-refractivity contribution in [3.05, 3.63) is 0 Å². The standard InChI is InChI=1S/C10H17NO5/c1-4-5-6-15-10(14)11-7(2)9(13)16-8(3)12/h7H,4-6H2,1-3H3,(H,11,14)/t7-/m0/s1. The molecule has 6 heteroatoms. The van der Waals surface area contributed by atoms with Crippen molar-refractivity contribution < 1.29 is 23.9 Å². The van der Waals surface area contributed by atoms with E-state index in [-0.39, 0.29) is 0 Å². The minimum Gasteiger partial charge on any atom is -0.450 e. The van der Waals surface area contributed by atoms with Crippen molar-refractivity contribution in [3.8, 4) is 0 Å². The van der Waals surface area contributed by atoms with Crippen LogP contribution in [0.3, 0.4) is 0 Å². The first-order chi connectivity index (χ1) is 7.47. The van der Waals surface area contributed by atoms with Gasteiger partial charge < -0.3 is 14.8 Å². The van der Waals surface area contributed by atoms with Gasteiger partial charge in [-0.2, -0.15) is 0 Å². The molecule has 0 aromatic rings. The molecular weight excluding hydrogens is 214 g/mol. The van der Waals surface area contributed by atoms with E-state index in [1.807, 2.05) is 6.92 Å². The Labute approximate surface area is 94.3 Å². The van der Waals surface area contributed by atoms with Gasteiger partial charge in [-0.1, -0.05) is 13.3 Å². The summed E-state index contributed by atoms with van der Waals surface area (Å²) in [7, 11) is 0. The normalized spacial score (nSPS) is 11.4. The molecule has 0 aliphatic rings. The Balaban J connectivity index is 3.85. The highest BCUT2D eigenvalue weighted by Gasteiger charge is 2.18. The van der Waals surface area contributed by atoms with Crippen LogP contribution in [0.2, 0.25) is 0 Å². The lowest BCUT2D eigenvalue weighted by atomic mass is 10.3. The van der Waals surface area contributed by atoms with Gasteiger partial charge in [0.2, 0.25) is 0 Å². The zero-order chi connectivity index (χ0) is 12.6. The first-order valence-corrected chi connectivity index (χ1v) is 5.13. The number of alkyl carbamates (subject to hydrolysis) is 1. The minimum absolute atomic E-state index is 0.302. The van der Waals surface area contributed by atoms with Gasteiger partial charge in [0, 0.05) is 6.92 Å². The Morgan fingerprint density at radius 1 is 1.31 bits per heavy atom. The summed E-state index contributed by atoms with van der Waals surface area (Å²) in [6.45, 7) is 4.79. The summed E-state index contributed by atoms with van der Waals surface area (Å²) in [5.41, 5.74) is 0. The highest BCUT2D eigenvalue weighted by atomic mass is 16.6.